The summed E-state index contributed by atoms with van der Waals surface area (Å²) in [6, 6.07) is 5.60. The summed E-state index contributed by atoms with van der Waals surface area (Å²) in [5.41, 5.74) is 3.05. The molecule has 1 N–H and O–H groups in total. The number of methoxy groups -OCH3 is 2. The molecule has 4 aliphatic rings. The van der Waals surface area contributed by atoms with Crippen LogP contribution < -0.4 is 23.8 Å². The molecule has 278 valence electrons. The summed E-state index contributed by atoms with van der Waals surface area (Å²) in [5.74, 6) is 0.911. The highest BCUT2D eigenvalue weighted by molar-refractivity contribution is 8.00. The number of hydrogen-bond acceptors (Lipinski definition) is 11. The fourth-order valence-corrected chi connectivity index (χ4v) is 8.05. The van der Waals surface area contributed by atoms with Crippen LogP contribution in [0.2, 0.25) is 0 Å². The van der Waals surface area contributed by atoms with Crippen molar-refractivity contribution in [1.82, 2.24) is 9.80 Å². The molecule has 2 aromatic rings. The van der Waals surface area contributed by atoms with Gasteiger partial charge in [-0.2, -0.15) is 11.8 Å². The first-order valence-corrected chi connectivity index (χ1v) is 18.3. The summed E-state index contributed by atoms with van der Waals surface area (Å²) in [5, 5.41) is 12.0. The van der Waals surface area contributed by atoms with Crippen LogP contribution in [0.25, 0.3) is 0 Å². The Labute approximate surface area is 308 Å². The fourth-order valence-electron chi connectivity index (χ4n) is 6.98. The van der Waals surface area contributed by atoms with E-state index in [2.05, 4.69) is 32.0 Å². The van der Waals surface area contributed by atoms with Crippen LogP contribution in [0.5, 0.6) is 23.0 Å². The minimum Gasteiger partial charge on any atom is -0.493 e. The quantitative estimate of drug-likeness (QED) is 0.216. The number of anilines is 1. The molecule has 4 heterocycles. The van der Waals surface area contributed by atoms with Crippen molar-refractivity contribution in [2.75, 3.05) is 52.0 Å². The average Bonchev–Trinajstić information content (AvgIpc) is 3.65. The van der Waals surface area contributed by atoms with E-state index < -0.39 is 18.4 Å². The topological polar surface area (TPSA) is 140 Å². The summed E-state index contributed by atoms with van der Waals surface area (Å²) in [6.07, 6.45) is 1.08. The van der Waals surface area contributed by atoms with Crippen molar-refractivity contribution in [3.8, 4) is 23.0 Å². The van der Waals surface area contributed by atoms with E-state index >= 15 is 0 Å². The highest BCUT2D eigenvalue weighted by Crippen LogP contribution is 2.42. The molecule has 2 fully saturated rings. The van der Waals surface area contributed by atoms with Gasteiger partial charge in [0.2, 0.25) is 0 Å². The van der Waals surface area contributed by atoms with Gasteiger partial charge >= 0.3 is 6.09 Å². The van der Waals surface area contributed by atoms with Crippen molar-refractivity contribution < 1.29 is 43.2 Å². The number of thioether (sulfide) groups is 1. The third-order valence-corrected chi connectivity index (χ3v) is 10.5. The van der Waals surface area contributed by atoms with Gasteiger partial charge in [0.25, 0.3) is 11.8 Å². The van der Waals surface area contributed by atoms with Crippen LogP contribution in [-0.4, -0.2) is 115 Å². The standard InChI is InChI=1S/C38H46N4O9S/c1-21(2)52-24(5)20-51-38(46)42-29-16-34(32(48-7)14-27(29)36(44)41-19-23(4)12-30(41)37(42)45)50-10-8-9-49-33-15-28-26(13-31(33)47-6)35(43)40-18-22(3)11-25(40)17-39-28/h13-17,21,24-25,30,37,45H,3-4,8-12,18-20H2,1-2,5-7H3/t24?,25-,30-,37-/m0/s1. The SMILES string of the molecule is C=C1C[C@H]2C=Nc3cc(OCCCOc4cc5c(cc4OC)C(=O)N4CC(=C)C[C@H]4[C@H](O)N5C(=O)OCC(C)SC(C)C)c(OC)cc3C(=O)N2C1. The second-order valence-corrected chi connectivity index (χ2v) is 15.7. The molecule has 52 heavy (non-hydrogen) atoms. The molecule has 0 saturated carbocycles. The lowest BCUT2D eigenvalue weighted by Crippen LogP contribution is -2.51. The molecule has 4 atom stereocenters. The molecule has 0 aliphatic carbocycles. The number of benzene rings is 2. The average molecular weight is 735 g/mol. The largest absolute Gasteiger partial charge is 0.493 e. The van der Waals surface area contributed by atoms with Crippen LogP contribution in [-0.2, 0) is 4.74 Å². The summed E-state index contributed by atoms with van der Waals surface area (Å²) < 4.78 is 29.1. The molecule has 13 nitrogen and oxygen atoms in total. The number of amides is 3. The van der Waals surface area contributed by atoms with Crippen molar-refractivity contribution in [1.29, 1.82) is 0 Å². The Bertz CT molecular complexity index is 1800. The third kappa shape index (κ3) is 7.45. The highest BCUT2D eigenvalue weighted by Gasteiger charge is 2.46. The second kappa shape index (κ2) is 15.5. The Morgan fingerprint density at radius 1 is 0.904 bits per heavy atom. The lowest BCUT2D eigenvalue weighted by molar-refractivity contribution is 0.0491. The van der Waals surface area contributed by atoms with Gasteiger partial charge in [0.1, 0.15) is 6.61 Å². The minimum absolute atomic E-state index is 0.0217. The highest BCUT2D eigenvalue weighted by atomic mass is 32.2. The lowest BCUT2D eigenvalue weighted by Gasteiger charge is -2.31. The van der Waals surface area contributed by atoms with Crippen molar-refractivity contribution in [3.05, 3.63) is 59.7 Å². The van der Waals surface area contributed by atoms with E-state index in [0.717, 1.165) is 16.0 Å². The Morgan fingerprint density at radius 3 is 2.19 bits per heavy atom. The molecule has 4 aliphatic heterocycles. The van der Waals surface area contributed by atoms with Crippen LogP contribution in [0.1, 0.15) is 60.7 Å². The van der Waals surface area contributed by atoms with Crippen molar-refractivity contribution in [3.63, 3.8) is 0 Å². The molecule has 2 saturated heterocycles. The van der Waals surface area contributed by atoms with E-state index in [-0.39, 0.29) is 72.2 Å². The number of hydrogen-bond donors (Lipinski definition) is 1. The Kier molecular flexibility index (Phi) is 11.1. The van der Waals surface area contributed by atoms with E-state index in [1.807, 2.05) is 6.92 Å². The molecule has 0 spiro atoms. The maximum Gasteiger partial charge on any atom is 0.416 e. The number of aliphatic hydroxyl groups excluding tert-OH is 1. The predicted molar refractivity (Wildman–Crippen MR) is 199 cm³/mol. The predicted octanol–water partition coefficient (Wildman–Crippen LogP) is 5.61. The van der Waals surface area contributed by atoms with E-state index in [0.29, 0.717) is 53.8 Å². The van der Waals surface area contributed by atoms with Gasteiger partial charge in [-0.05, 0) is 37.1 Å². The summed E-state index contributed by atoms with van der Waals surface area (Å²) >= 11 is 1.67. The number of carbonyl (C=O) groups excluding carboxylic acids is 3. The van der Waals surface area contributed by atoms with Gasteiger partial charge < -0.3 is 38.6 Å². The van der Waals surface area contributed by atoms with Crippen molar-refractivity contribution in [2.45, 2.75) is 68.8 Å². The number of carbonyl (C=O) groups is 3. The lowest BCUT2D eigenvalue weighted by atomic mass is 10.1. The molecule has 2 aromatic carbocycles. The Balaban J connectivity index is 1.18. The van der Waals surface area contributed by atoms with Crippen LogP contribution in [0.3, 0.4) is 0 Å². The molecule has 0 bridgehead atoms. The maximum atomic E-state index is 13.9. The molecule has 3 amide bonds. The zero-order chi connectivity index (χ0) is 37.3. The van der Waals surface area contributed by atoms with Gasteiger partial charge in [-0.15, -0.1) is 0 Å². The second-order valence-electron chi connectivity index (χ2n) is 13.6. The van der Waals surface area contributed by atoms with E-state index in [9.17, 15) is 19.5 Å². The van der Waals surface area contributed by atoms with Gasteiger partial charge in [0, 0.05) is 43.1 Å². The van der Waals surface area contributed by atoms with Crippen molar-refractivity contribution in [2.24, 2.45) is 4.99 Å². The normalized spacial score (nSPS) is 21.3. The third-order valence-electron chi connectivity index (χ3n) is 9.33. The number of aliphatic imine (C=N–C) groups is 1. The zero-order valence-electron chi connectivity index (χ0n) is 30.3. The van der Waals surface area contributed by atoms with E-state index in [4.69, 9.17) is 23.7 Å². The first-order valence-electron chi connectivity index (χ1n) is 17.4. The fraction of sp³-hybridized carbons (Fsp3) is 0.474. The summed E-state index contributed by atoms with van der Waals surface area (Å²) in [6.45, 7) is 15.5. The molecule has 0 radical (unpaired) electrons. The van der Waals surface area contributed by atoms with Crippen molar-refractivity contribution >= 4 is 47.3 Å². The summed E-state index contributed by atoms with van der Waals surface area (Å²) in [4.78, 5) is 49.9. The molecule has 0 aromatic heterocycles. The van der Waals surface area contributed by atoms with Gasteiger partial charge in [-0.25, -0.2) is 9.69 Å². The first kappa shape index (κ1) is 37.1. The van der Waals surface area contributed by atoms with Crippen LogP contribution >= 0.6 is 11.8 Å². The molecular formula is C38H46N4O9S. The van der Waals surface area contributed by atoms with Crippen LogP contribution in [0.15, 0.2) is 53.6 Å². The Hall–Kier alpha value is -4.69. The maximum absolute atomic E-state index is 13.9. The Morgan fingerprint density at radius 2 is 1.52 bits per heavy atom. The summed E-state index contributed by atoms with van der Waals surface area (Å²) in [7, 11) is 2.98. The molecule has 6 rings (SSSR count). The molecular weight excluding hydrogens is 689 g/mol. The van der Waals surface area contributed by atoms with Gasteiger partial charge in [-0.1, -0.05) is 38.2 Å². The minimum atomic E-state index is -1.38. The number of ether oxygens (including phenoxy) is 5. The van der Waals surface area contributed by atoms with Gasteiger partial charge in [0.05, 0.1) is 62.0 Å². The van der Waals surface area contributed by atoms with E-state index in [1.54, 1.807) is 35.0 Å². The first-order chi connectivity index (χ1) is 24.9. The molecule has 14 heteroatoms. The smallest absolute Gasteiger partial charge is 0.416 e. The molecule has 1 unspecified atom stereocenters. The van der Waals surface area contributed by atoms with Crippen LogP contribution in [0.4, 0.5) is 16.2 Å². The number of nitrogens with zero attached hydrogens (tertiary/aromatic N) is 4. The zero-order valence-corrected chi connectivity index (χ0v) is 31.1. The van der Waals surface area contributed by atoms with Gasteiger partial charge in [-0.3, -0.25) is 14.6 Å². The monoisotopic (exact) mass is 734 g/mol. The van der Waals surface area contributed by atoms with E-state index in [1.165, 1.54) is 31.3 Å². The number of aliphatic hydroxyl groups is 1. The number of rotatable bonds is 12. The van der Waals surface area contributed by atoms with Gasteiger partial charge in [0.15, 0.2) is 29.2 Å². The van der Waals surface area contributed by atoms with Crippen LogP contribution in [0, 0.1) is 0 Å². The number of fused-ring (bicyclic) bond motifs is 4.